The van der Waals surface area contributed by atoms with Crippen molar-refractivity contribution in [1.29, 1.82) is 0 Å². The highest BCUT2D eigenvalue weighted by Gasteiger charge is 2.30. The molecule has 3 nitrogen and oxygen atoms in total. The molecule has 0 saturated carbocycles. The smallest absolute Gasteiger partial charge is 0.256 e. The van der Waals surface area contributed by atoms with Gasteiger partial charge >= 0.3 is 0 Å². The van der Waals surface area contributed by atoms with Crippen LogP contribution in [0.15, 0.2) is 18.2 Å². The fraction of sp³-hybridized carbons (Fsp3) is 0.500. The van der Waals surface area contributed by atoms with E-state index in [0.29, 0.717) is 18.1 Å². The predicted octanol–water partition coefficient (Wildman–Crippen LogP) is 2.64. The Morgan fingerprint density at radius 3 is 2.47 bits per heavy atom. The maximum Gasteiger partial charge on any atom is 0.256 e. The van der Waals surface area contributed by atoms with Crippen LogP contribution in [0.4, 0.5) is 4.39 Å². The van der Waals surface area contributed by atoms with Crippen LogP contribution < -0.4 is 0 Å². The monoisotopic (exact) mass is 284 g/mol. The Morgan fingerprint density at radius 1 is 1.32 bits per heavy atom. The summed E-state index contributed by atoms with van der Waals surface area (Å²) in [5.41, 5.74) is 0.0523. The molecule has 0 spiro atoms. The first kappa shape index (κ1) is 14.3. The predicted molar refractivity (Wildman–Crippen MR) is 74.0 cm³/mol. The molecular formula is C14H18ClFN2O. The van der Waals surface area contributed by atoms with Crippen LogP contribution in [0.1, 0.15) is 24.2 Å². The Balaban J connectivity index is 2.22. The van der Waals surface area contributed by atoms with E-state index in [9.17, 15) is 9.18 Å². The Bertz CT molecular complexity index is 482. The first-order chi connectivity index (χ1) is 8.90. The Labute approximate surface area is 117 Å². The van der Waals surface area contributed by atoms with Gasteiger partial charge in [0.25, 0.3) is 5.91 Å². The highest BCUT2D eigenvalue weighted by Crippen LogP contribution is 2.20. The van der Waals surface area contributed by atoms with Crippen LogP contribution in [0.2, 0.25) is 5.02 Å². The van der Waals surface area contributed by atoms with E-state index < -0.39 is 5.82 Å². The summed E-state index contributed by atoms with van der Waals surface area (Å²) in [6.07, 6.45) is 0. The lowest BCUT2D eigenvalue weighted by Gasteiger charge is -2.42. The molecule has 2 atom stereocenters. The number of hydrogen-bond donors (Lipinski definition) is 0. The van der Waals surface area contributed by atoms with Crippen molar-refractivity contribution in [3.8, 4) is 0 Å². The summed E-state index contributed by atoms with van der Waals surface area (Å²) in [5.74, 6) is -0.805. The fourth-order valence-corrected chi connectivity index (χ4v) is 2.57. The van der Waals surface area contributed by atoms with Crippen LogP contribution in [0.25, 0.3) is 0 Å². The standard InChI is InChI=1S/C14H18ClFN2O/c1-9-7-18(8-10(2)17(9)3)14(19)12-6-11(15)4-5-13(12)16/h4-6,9-10H,7-8H2,1-3H3. The average molecular weight is 285 g/mol. The van der Waals surface area contributed by atoms with Crippen molar-refractivity contribution >= 4 is 17.5 Å². The third-order valence-electron chi connectivity index (χ3n) is 3.81. The summed E-state index contributed by atoms with van der Waals surface area (Å²) in [4.78, 5) is 16.3. The largest absolute Gasteiger partial charge is 0.335 e. The second-order valence-corrected chi connectivity index (χ2v) is 5.63. The van der Waals surface area contributed by atoms with E-state index in [0.717, 1.165) is 0 Å². The number of nitrogens with zero attached hydrogens (tertiary/aromatic N) is 2. The van der Waals surface area contributed by atoms with E-state index in [1.54, 1.807) is 4.90 Å². The van der Waals surface area contributed by atoms with E-state index in [4.69, 9.17) is 11.6 Å². The third kappa shape index (κ3) is 2.90. The molecule has 104 valence electrons. The number of carbonyl (C=O) groups is 1. The second-order valence-electron chi connectivity index (χ2n) is 5.20. The first-order valence-electron chi connectivity index (χ1n) is 6.36. The van der Waals surface area contributed by atoms with Crippen molar-refractivity contribution in [3.63, 3.8) is 0 Å². The molecule has 1 heterocycles. The van der Waals surface area contributed by atoms with Gasteiger partial charge in [0.1, 0.15) is 5.82 Å². The van der Waals surface area contributed by atoms with Gasteiger partial charge in [-0.05, 0) is 39.1 Å². The topological polar surface area (TPSA) is 23.6 Å². The number of rotatable bonds is 1. The van der Waals surface area contributed by atoms with Gasteiger partial charge in [-0.15, -0.1) is 0 Å². The molecule has 5 heteroatoms. The molecule has 0 aromatic heterocycles. The molecule has 19 heavy (non-hydrogen) atoms. The molecule has 2 unspecified atom stereocenters. The molecule has 0 aliphatic carbocycles. The van der Waals surface area contributed by atoms with E-state index >= 15 is 0 Å². The lowest BCUT2D eigenvalue weighted by Crippen LogP contribution is -2.56. The maximum absolute atomic E-state index is 13.7. The molecule has 1 aliphatic rings. The van der Waals surface area contributed by atoms with Gasteiger partial charge in [-0.2, -0.15) is 0 Å². The lowest BCUT2D eigenvalue weighted by atomic mass is 10.1. The number of carbonyl (C=O) groups excluding carboxylic acids is 1. The number of likely N-dealkylation sites (N-methyl/N-ethyl adjacent to an activating group) is 1. The quantitative estimate of drug-likeness (QED) is 0.791. The van der Waals surface area contributed by atoms with Crippen LogP contribution in [-0.2, 0) is 0 Å². The van der Waals surface area contributed by atoms with Crippen LogP contribution in [0.5, 0.6) is 0 Å². The molecule has 2 rings (SSSR count). The van der Waals surface area contributed by atoms with Crippen molar-refractivity contribution in [3.05, 3.63) is 34.6 Å². The minimum Gasteiger partial charge on any atom is -0.335 e. The molecule has 0 radical (unpaired) electrons. The maximum atomic E-state index is 13.7. The molecule has 1 aliphatic heterocycles. The molecule has 1 aromatic carbocycles. The third-order valence-corrected chi connectivity index (χ3v) is 4.04. The summed E-state index contributed by atoms with van der Waals surface area (Å²) in [7, 11) is 2.04. The molecule has 1 amide bonds. The van der Waals surface area contributed by atoms with Gasteiger partial charge in [-0.3, -0.25) is 9.69 Å². The summed E-state index contributed by atoms with van der Waals surface area (Å²) in [6.45, 7) is 5.33. The Hall–Kier alpha value is -1.13. The van der Waals surface area contributed by atoms with Crippen molar-refractivity contribution in [1.82, 2.24) is 9.80 Å². The van der Waals surface area contributed by atoms with Gasteiger partial charge in [0.15, 0.2) is 0 Å². The molecule has 1 saturated heterocycles. The number of amides is 1. The van der Waals surface area contributed by atoms with Gasteiger partial charge in [0, 0.05) is 30.2 Å². The zero-order valence-electron chi connectivity index (χ0n) is 11.4. The number of piperazine rings is 1. The highest BCUT2D eigenvalue weighted by molar-refractivity contribution is 6.31. The Kier molecular flexibility index (Phi) is 4.11. The Morgan fingerprint density at radius 2 is 1.89 bits per heavy atom. The first-order valence-corrected chi connectivity index (χ1v) is 6.74. The second kappa shape index (κ2) is 5.47. The number of hydrogen-bond acceptors (Lipinski definition) is 2. The van der Waals surface area contributed by atoms with E-state index in [2.05, 4.69) is 18.7 Å². The zero-order chi connectivity index (χ0) is 14.2. The van der Waals surface area contributed by atoms with Crippen LogP contribution in [-0.4, -0.2) is 47.9 Å². The zero-order valence-corrected chi connectivity index (χ0v) is 12.1. The van der Waals surface area contributed by atoms with E-state index in [1.165, 1.54) is 18.2 Å². The van der Waals surface area contributed by atoms with Crippen molar-refractivity contribution in [2.24, 2.45) is 0 Å². The molecule has 0 bridgehead atoms. The normalized spacial score (nSPS) is 24.6. The van der Waals surface area contributed by atoms with Crippen LogP contribution >= 0.6 is 11.6 Å². The van der Waals surface area contributed by atoms with Gasteiger partial charge in [-0.1, -0.05) is 11.6 Å². The molecule has 1 aromatic rings. The molecule has 0 N–H and O–H groups in total. The molecular weight excluding hydrogens is 267 g/mol. The summed E-state index contributed by atoms with van der Waals surface area (Å²) < 4.78 is 13.7. The van der Waals surface area contributed by atoms with Crippen molar-refractivity contribution in [2.75, 3.05) is 20.1 Å². The highest BCUT2D eigenvalue weighted by atomic mass is 35.5. The van der Waals surface area contributed by atoms with Gasteiger partial charge in [0.05, 0.1) is 5.56 Å². The van der Waals surface area contributed by atoms with Crippen LogP contribution in [0.3, 0.4) is 0 Å². The van der Waals surface area contributed by atoms with Gasteiger partial charge in [-0.25, -0.2) is 4.39 Å². The summed E-state index contributed by atoms with van der Waals surface area (Å²) in [5, 5.41) is 0.375. The lowest BCUT2D eigenvalue weighted by molar-refractivity contribution is 0.0410. The minimum atomic E-state index is -0.520. The van der Waals surface area contributed by atoms with Crippen LogP contribution in [0, 0.1) is 5.82 Å². The van der Waals surface area contributed by atoms with E-state index in [1.807, 2.05) is 7.05 Å². The average Bonchev–Trinajstić information content (AvgIpc) is 2.37. The minimum absolute atomic E-state index is 0.0523. The van der Waals surface area contributed by atoms with Crippen molar-refractivity contribution in [2.45, 2.75) is 25.9 Å². The van der Waals surface area contributed by atoms with E-state index in [-0.39, 0.29) is 23.6 Å². The fourth-order valence-electron chi connectivity index (χ4n) is 2.40. The summed E-state index contributed by atoms with van der Waals surface area (Å²) in [6, 6.07) is 4.60. The van der Waals surface area contributed by atoms with Gasteiger partial charge in [0.2, 0.25) is 0 Å². The van der Waals surface area contributed by atoms with Gasteiger partial charge < -0.3 is 4.90 Å². The molecule has 1 fully saturated rings. The SMILES string of the molecule is CC1CN(C(=O)c2cc(Cl)ccc2F)CC(C)N1C. The van der Waals surface area contributed by atoms with Crippen molar-refractivity contribution < 1.29 is 9.18 Å². The number of benzene rings is 1. The summed E-state index contributed by atoms with van der Waals surface area (Å²) >= 11 is 5.83. The number of halogens is 2.